The molecule has 0 radical (unpaired) electrons. The third-order valence-corrected chi connectivity index (χ3v) is 3.91. The maximum absolute atomic E-state index is 9.90. The molecule has 128 valence electrons. The molecule has 0 aliphatic rings. The van der Waals surface area contributed by atoms with E-state index in [1.54, 1.807) is 41.3 Å². The molecule has 7 nitrogen and oxygen atoms in total. The molecule has 2 heterocycles. The van der Waals surface area contributed by atoms with E-state index in [0.717, 1.165) is 0 Å². The first-order valence-electron chi connectivity index (χ1n) is 7.83. The van der Waals surface area contributed by atoms with E-state index in [2.05, 4.69) is 9.97 Å². The molecule has 0 amide bonds. The first kappa shape index (κ1) is 15.7. The Balaban J connectivity index is 1.73. The number of pyridine rings is 1. The largest absolute Gasteiger partial charge is 0.506 e. The van der Waals surface area contributed by atoms with Gasteiger partial charge in [-0.05, 0) is 30.3 Å². The summed E-state index contributed by atoms with van der Waals surface area (Å²) in [6.45, 7) is 0. The van der Waals surface area contributed by atoms with Crippen molar-refractivity contribution in [1.82, 2.24) is 9.97 Å². The molecular formula is C19H14N4O3. The minimum absolute atomic E-state index is 0.0192. The van der Waals surface area contributed by atoms with Gasteiger partial charge in [0.15, 0.2) is 5.58 Å². The van der Waals surface area contributed by atoms with Gasteiger partial charge in [0.25, 0.3) is 6.01 Å². The zero-order valence-corrected chi connectivity index (χ0v) is 14.1. The first-order chi connectivity index (χ1) is 12.5. The van der Waals surface area contributed by atoms with Crippen molar-refractivity contribution < 1.29 is 14.3 Å². The first-order valence-corrected chi connectivity index (χ1v) is 7.83. The van der Waals surface area contributed by atoms with Crippen LogP contribution in [-0.2, 0) is 0 Å². The van der Waals surface area contributed by atoms with Gasteiger partial charge in [-0.25, -0.2) is 4.98 Å². The predicted molar refractivity (Wildman–Crippen MR) is 96.5 cm³/mol. The SMILES string of the molecule is CN(C)c1nc2cc(Oc3ccc4c(O)cnc(C#N)c4c3)ccc2o1. The molecule has 0 aliphatic heterocycles. The van der Waals surface area contributed by atoms with E-state index in [0.29, 0.717) is 39.4 Å². The summed E-state index contributed by atoms with van der Waals surface area (Å²) in [7, 11) is 3.71. The maximum Gasteiger partial charge on any atom is 0.297 e. The number of hydrogen-bond acceptors (Lipinski definition) is 7. The molecule has 2 aromatic heterocycles. The highest BCUT2D eigenvalue weighted by Gasteiger charge is 2.11. The predicted octanol–water partition coefficient (Wildman–Crippen LogP) is 3.81. The van der Waals surface area contributed by atoms with Crippen molar-refractivity contribution in [3.05, 3.63) is 48.3 Å². The van der Waals surface area contributed by atoms with E-state index in [4.69, 9.17) is 9.15 Å². The number of oxazole rings is 1. The monoisotopic (exact) mass is 346 g/mol. The number of hydrogen-bond donors (Lipinski definition) is 1. The van der Waals surface area contributed by atoms with E-state index in [1.807, 2.05) is 20.2 Å². The van der Waals surface area contributed by atoms with Crippen LogP contribution in [0.1, 0.15) is 5.69 Å². The zero-order valence-electron chi connectivity index (χ0n) is 14.1. The molecule has 0 bridgehead atoms. The number of ether oxygens (including phenoxy) is 1. The Morgan fingerprint density at radius 3 is 2.65 bits per heavy atom. The maximum atomic E-state index is 9.90. The molecular weight excluding hydrogens is 332 g/mol. The number of anilines is 1. The van der Waals surface area contributed by atoms with Gasteiger partial charge >= 0.3 is 0 Å². The highest BCUT2D eigenvalue weighted by Crippen LogP contribution is 2.32. The van der Waals surface area contributed by atoms with Gasteiger partial charge in [0.05, 0.1) is 6.20 Å². The highest BCUT2D eigenvalue weighted by molar-refractivity contribution is 5.92. The summed E-state index contributed by atoms with van der Waals surface area (Å²) < 4.78 is 11.5. The van der Waals surface area contributed by atoms with Crippen molar-refractivity contribution in [3.63, 3.8) is 0 Å². The fourth-order valence-electron chi connectivity index (χ4n) is 2.65. The smallest absolute Gasteiger partial charge is 0.297 e. The standard InChI is InChI=1S/C19H14N4O3/c1-23(2)19-22-15-8-12(4-6-18(15)26-19)25-11-3-5-13-14(7-11)16(9-20)21-10-17(13)24/h3-8,10,24H,1-2H3. The van der Waals surface area contributed by atoms with Crippen LogP contribution < -0.4 is 9.64 Å². The zero-order chi connectivity index (χ0) is 18.3. The number of aromatic nitrogens is 2. The van der Waals surface area contributed by atoms with Crippen LogP contribution in [0.15, 0.2) is 47.0 Å². The molecule has 0 spiro atoms. The number of aromatic hydroxyl groups is 1. The molecule has 7 heteroatoms. The second-order valence-corrected chi connectivity index (χ2v) is 5.93. The topological polar surface area (TPSA) is 95.4 Å². The van der Waals surface area contributed by atoms with Crippen LogP contribution in [0, 0.1) is 11.3 Å². The van der Waals surface area contributed by atoms with Crippen LogP contribution >= 0.6 is 0 Å². The number of nitriles is 1. The molecule has 1 N–H and O–H groups in total. The van der Waals surface area contributed by atoms with Crippen molar-refractivity contribution in [1.29, 1.82) is 5.26 Å². The Morgan fingerprint density at radius 2 is 1.88 bits per heavy atom. The Morgan fingerprint density at radius 1 is 1.12 bits per heavy atom. The lowest BCUT2D eigenvalue weighted by atomic mass is 10.1. The molecule has 4 rings (SSSR count). The second-order valence-electron chi connectivity index (χ2n) is 5.93. The van der Waals surface area contributed by atoms with Crippen molar-refractivity contribution in [2.45, 2.75) is 0 Å². The summed E-state index contributed by atoms with van der Waals surface area (Å²) in [5.41, 5.74) is 1.58. The molecule has 0 fully saturated rings. The fourth-order valence-corrected chi connectivity index (χ4v) is 2.65. The van der Waals surface area contributed by atoms with Crippen molar-refractivity contribution in [3.8, 4) is 23.3 Å². The van der Waals surface area contributed by atoms with Crippen LogP contribution in [0.5, 0.6) is 17.2 Å². The summed E-state index contributed by atoms with van der Waals surface area (Å²) in [5.74, 6) is 1.13. The summed E-state index contributed by atoms with van der Waals surface area (Å²) >= 11 is 0. The van der Waals surface area contributed by atoms with Gasteiger partial charge in [-0.15, -0.1) is 0 Å². The van der Waals surface area contributed by atoms with Gasteiger partial charge in [0.1, 0.15) is 34.5 Å². The lowest BCUT2D eigenvalue weighted by Crippen LogP contribution is -2.08. The lowest BCUT2D eigenvalue weighted by molar-refractivity contribution is 0.477. The Bertz CT molecular complexity index is 1170. The molecule has 0 saturated heterocycles. The minimum atomic E-state index is 0.0192. The van der Waals surface area contributed by atoms with Gasteiger partial charge in [0, 0.05) is 30.9 Å². The average Bonchev–Trinajstić information content (AvgIpc) is 3.06. The summed E-state index contributed by atoms with van der Waals surface area (Å²) in [4.78, 5) is 10.1. The third-order valence-electron chi connectivity index (χ3n) is 3.91. The molecule has 0 saturated carbocycles. The molecule has 26 heavy (non-hydrogen) atoms. The van der Waals surface area contributed by atoms with E-state index in [1.165, 1.54) is 6.20 Å². The summed E-state index contributed by atoms with van der Waals surface area (Å²) in [6, 6.07) is 13.0. The van der Waals surface area contributed by atoms with Crippen molar-refractivity contribution in [2.75, 3.05) is 19.0 Å². The highest BCUT2D eigenvalue weighted by atomic mass is 16.5. The minimum Gasteiger partial charge on any atom is -0.506 e. The van der Waals surface area contributed by atoms with Gasteiger partial charge in [-0.2, -0.15) is 10.2 Å². The fraction of sp³-hybridized carbons (Fsp3) is 0.105. The van der Waals surface area contributed by atoms with Gasteiger partial charge in [-0.3, -0.25) is 0 Å². The molecule has 2 aromatic carbocycles. The quantitative estimate of drug-likeness (QED) is 0.602. The van der Waals surface area contributed by atoms with Gasteiger partial charge in [-0.1, -0.05) is 0 Å². The van der Waals surface area contributed by atoms with Crippen LogP contribution in [0.3, 0.4) is 0 Å². The van der Waals surface area contributed by atoms with Gasteiger partial charge in [0.2, 0.25) is 0 Å². The van der Waals surface area contributed by atoms with Crippen LogP contribution in [0.2, 0.25) is 0 Å². The molecule has 0 aliphatic carbocycles. The van der Waals surface area contributed by atoms with E-state index < -0.39 is 0 Å². The number of rotatable bonds is 3. The van der Waals surface area contributed by atoms with Crippen molar-refractivity contribution in [2.24, 2.45) is 0 Å². The van der Waals surface area contributed by atoms with Crippen LogP contribution in [0.4, 0.5) is 6.01 Å². The number of nitrogens with zero attached hydrogens (tertiary/aromatic N) is 4. The van der Waals surface area contributed by atoms with E-state index in [9.17, 15) is 10.4 Å². The van der Waals surface area contributed by atoms with Crippen LogP contribution in [-0.4, -0.2) is 29.2 Å². The third kappa shape index (κ3) is 2.63. The van der Waals surface area contributed by atoms with E-state index in [-0.39, 0.29) is 11.4 Å². The Hall–Kier alpha value is -3.79. The van der Waals surface area contributed by atoms with Gasteiger partial charge < -0.3 is 19.2 Å². The summed E-state index contributed by atoms with van der Waals surface area (Å²) in [5, 5.41) is 20.2. The molecule has 0 unspecified atom stereocenters. The number of benzene rings is 2. The Kier molecular flexibility index (Phi) is 3.59. The molecule has 4 aromatic rings. The lowest BCUT2D eigenvalue weighted by Gasteiger charge is -2.08. The number of fused-ring (bicyclic) bond motifs is 2. The average molecular weight is 346 g/mol. The second kappa shape index (κ2) is 5.93. The van der Waals surface area contributed by atoms with Crippen LogP contribution in [0.25, 0.3) is 21.9 Å². The van der Waals surface area contributed by atoms with E-state index >= 15 is 0 Å². The van der Waals surface area contributed by atoms with Crippen molar-refractivity contribution >= 4 is 27.9 Å². The normalized spacial score (nSPS) is 10.8. The molecule has 0 atom stereocenters. The Labute approximate surface area is 148 Å². The summed E-state index contributed by atoms with van der Waals surface area (Å²) in [6.07, 6.45) is 1.27.